The van der Waals surface area contributed by atoms with Gasteiger partial charge in [0, 0.05) is 11.2 Å². The molecule has 0 aliphatic carbocycles. The van der Waals surface area contributed by atoms with Crippen LogP contribution in [0.3, 0.4) is 0 Å². The summed E-state index contributed by atoms with van der Waals surface area (Å²) >= 11 is 1.30. The van der Waals surface area contributed by atoms with E-state index >= 15 is 0 Å². The molecular weight excluding hydrogens is 422 g/mol. The molecule has 7 heteroatoms. The molecule has 1 unspecified atom stereocenters. The number of hydrogen-bond acceptors (Lipinski definition) is 4. The Kier molecular flexibility index (Phi) is 7.43. The largest absolute Gasteiger partial charge is 0.349 e. The van der Waals surface area contributed by atoms with Gasteiger partial charge in [-0.1, -0.05) is 54.6 Å². The Morgan fingerprint density at radius 3 is 2.09 bits per heavy atom. The van der Waals surface area contributed by atoms with Crippen LogP contribution in [-0.4, -0.2) is 29.8 Å². The second kappa shape index (κ2) is 10.2. The summed E-state index contributed by atoms with van der Waals surface area (Å²) < 4.78 is 0. The molecule has 0 bridgehead atoms. The third kappa shape index (κ3) is 6.04. The Labute approximate surface area is 192 Å². The predicted octanol–water partition coefficient (Wildman–Crippen LogP) is 4.17. The summed E-state index contributed by atoms with van der Waals surface area (Å²) in [5.74, 6) is -1.01. The SMILES string of the molecule is CC(C)(C)NC(=O)C(c1ccccc1)N(C(=O)CNC(=O)c1cccs1)c1ccccc1. The molecule has 3 rings (SSSR count). The van der Waals surface area contributed by atoms with E-state index in [9.17, 15) is 14.4 Å². The van der Waals surface area contributed by atoms with Crippen LogP contribution in [0.2, 0.25) is 0 Å². The molecule has 2 aromatic carbocycles. The van der Waals surface area contributed by atoms with Gasteiger partial charge in [0.25, 0.3) is 5.91 Å². The van der Waals surface area contributed by atoms with Crippen molar-refractivity contribution >= 4 is 34.7 Å². The van der Waals surface area contributed by atoms with Crippen molar-refractivity contribution in [1.29, 1.82) is 0 Å². The number of carbonyl (C=O) groups is 3. The lowest BCUT2D eigenvalue weighted by Gasteiger charge is -2.34. The highest BCUT2D eigenvalue weighted by atomic mass is 32.1. The first-order valence-corrected chi connectivity index (χ1v) is 11.2. The molecule has 0 aliphatic rings. The van der Waals surface area contributed by atoms with E-state index < -0.39 is 11.6 Å². The summed E-state index contributed by atoms with van der Waals surface area (Å²) in [6, 6.07) is 20.8. The first-order chi connectivity index (χ1) is 15.3. The molecule has 1 aromatic heterocycles. The Hall–Kier alpha value is -3.45. The van der Waals surface area contributed by atoms with Crippen molar-refractivity contribution in [2.75, 3.05) is 11.4 Å². The molecule has 0 saturated heterocycles. The van der Waals surface area contributed by atoms with E-state index in [1.165, 1.54) is 16.2 Å². The number of benzene rings is 2. The summed E-state index contributed by atoms with van der Waals surface area (Å²) in [6.45, 7) is 5.44. The topological polar surface area (TPSA) is 78.5 Å². The van der Waals surface area contributed by atoms with Gasteiger partial charge in [-0.15, -0.1) is 11.3 Å². The highest BCUT2D eigenvalue weighted by Gasteiger charge is 2.34. The van der Waals surface area contributed by atoms with Crippen LogP contribution < -0.4 is 15.5 Å². The van der Waals surface area contributed by atoms with Gasteiger partial charge in [-0.2, -0.15) is 0 Å². The number of amides is 3. The molecule has 166 valence electrons. The Bertz CT molecular complexity index is 1050. The maximum Gasteiger partial charge on any atom is 0.261 e. The quantitative estimate of drug-likeness (QED) is 0.568. The number of hydrogen-bond donors (Lipinski definition) is 2. The lowest BCUT2D eigenvalue weighted by molar-refractivity contribution is -0.127. The van der Waals surface area contributed by atoms with Crippen LogP contribution >= 0.6 is 11.3 Å². The van der Waals surface area contributed by atoms with E-state index in [1.54, 1.807) is 29.6 Å². The van der Waals surface area contributed by atoms with Crippen LogP contribution in [-0.2, 0) is 9.59 Å². The number of thiophene rings is 1. The second-order valence-corrected chi connectivity index (χ2v) is 9.26. The van der Waals surface area contributed by atoms with Crippen LogP contribution in [0.1, 0.15) is 42.0 Å². The number of para-hydroxylation sites is 1. The zero-order valence-electron chi connectivity index (χ0n) is 18.4. The maximum absolute atomic E-state index is 13.4. The van der Waals surface area contributed by atoms with Gasteiger partial charge in [-0.25, -0.2) is 0 Å². The van der Waals surface area contributed by atoms with Gasteiger partial charge in [0.2, 0.25) is 11.8 Å². The van der Waals surface area contributed by atoms with Crippen molar-refractivity contribution in [1.82, 2.24) is 10.6 Å². The molecule has 1 atom stereocenters. The smallest absolute Gasteiger partial charge is 0.261 e. The highest BCUT2D eigenvalue weighted by Crippen LogP contribution is 2.28. The van der Waals surface area contributed by atoms with E-state index in [2.05, 4.69) is 10.6 Å². The molecule has 0 aliphatic heterocycles. The monoisotopic (exact) mass is 449 g/mol. The van der Waals surface area contributed by atoms with E-state index in [1.807, 2.05) is 69.3 Å². The molecular formula is C25H27N3O3S. The van der Waals surface area contributed by atoms with Crippen LogP contribution in [0.5, 0.6) is 0 Å². The van der Waals surface area contributed by atoms with Crippen molar-refractivity contribution in [3.8, 4) is 0 Å². The van der Waals surface area contributed by atoms with Crippen LogP contribution in [0, 0.1) is 0 Å². The number of nitrogens with zero attached hydrogens (tertiary/aromatic N) is 1. The summed E-state index contributed by atoms with van der Waals surface area (Å²) in [4.78, 5) is 41.2. The summed E-state index contributed by atoms with van der Waals surface area (Å²) in [7, 11) is 0. The highest BCUT2D eigenvalue weighted by molar-refractivity contribution is 7.12. The Balaban J connectivity index is 1.96. The Morgan fingerprint density at radius 1 is 0.906 bits per heavy atom. The minimum Gasteiger partial charge on any atom is -0.349 e. The van der Waals surface area contributed by atoms with Crippen molar-refractivity contribution < 1.29 is 14.4 Å². The maximum atomic E-state index is 13.4. The van der Waals surface area contributed by atoms with Crippen molar-refractivity contribution in [2.45, 2.75) is 32.4 Å². The Morgan fingerprint density at radius 2 is 1.53 bits per heavy atom. The number of rotatable bonds is 7. The number of carbonyl (C=O) groups excluding carboxylic acids is 3. The molecule has 3 amide bonds. The van der Waals surface area contributed by atoms with E-state index in [4.69, 9.17) is 0 Å². The minimum absolute atomic E-state index is 0.238. The standard InChI is InChI=1S/C25H27N3O3S/c1-25(2,3)27-24(31)22(18-11-6-4-7-12-18)28(19-13-8-5-9-14-19)21(29)17-26-23(30)20-15-10-16-32-20/h4-16,22H,17H2,1-3H3,(H,26,30)(H,27,31). The number of nitrogens with one attached hydrogen (secondary N) is 2. The molecule has 0 fully saturated rings. The van der Waals surface area contributed by atoms with Gasteiger partial charge in [0.05, 0.1) is 11.4 Å². The van der Waals surface area contributed by atoms with Crippen LogP contribution in [0.4, 0.5) is 5.69 Å². The first-order valence-electron chi connectivity index (χ1n) is 10.3. The fourth-order valence-corrected chi connectivity index (χ4v) is 3.89. The van der Waals surface area contributed by atoms with Crippen molar-refractivity contribution in [3.63, 3.8) is 0 Å². The predicted molar refractivity (Wildman–Crippen MR) is 128 cm³/mol. The molecule has 32 heavy (non-hydrogen) atoms. The molecule has 3 aromatic rings. The molecule has 0 saturated carbocycles. The van der Waals surface area contributed by atoms with Crippen LogP contribution in [0.25, 0.3) is 0 Å². The molecule has 0 radical (unpaired) electrons. The van der Waals surface area contributed by atoms with Crippen molar-refractivity contribution in [3.05, 3.63) is 88.6 Å². The number of anilines is 1. The van der Waals surface area contributed by atoms with Crippen LogP contribution in [0.15, 0.2) is 78.2 Å². The normalized spacial score (nSPS) is 12.0. The fraction of sp³-hybridized carbons (Fsp3) is 0.240. The summed E-state index contributed by atoms with van der Waals surface area (Å²) in [6.07, 6.45) is 0. The van der Waals surface area contributed by atoms with E-state index in [0.717, 1.165) is 0 Å². The second-order valence-electron chi connectivity index (χ2n) is 8.31. The van der Waals surface area contributed by atoms with Gasteiger partial charge in [-0.3, -0.25) is 19.3 Å². The molecule has 1 heterocycles. The fourth-order valence-electron chi connectivity index (χ4n) is 3.25. The summed E-state index contributed by atoms with van der Waals surface area (Å²) in [5.41, 5.74) is 0.764. The van der Waals surface area contributed by atoms with Gasteiger partial charge in [0.1, 0.15) is 6.04 Å². The lowest BCUT2D eigenvalue weighted by atomic mass is 10.0. The van der Waals surface area contributed by atoms with Gasteiger partial charge >= 0.3 is 0 Å². The van der Waals surface area contributed by atoms with E-state index in [-0.39, 0.29) is 24.3 Å². The zero-order valence-corrected chi connectivity index (χ0v) is 19.2. The zero-order chi connectivity index (χ0) is 23.1. The minimum atomic E-state index is -0.899. The summed E-state index contributed by atoms with van der Waals surface area (Å²) in [5, 5.41) is 7.47. The first kappa shape index (κ1) is 23.2. The molecule has 0 spiro atoms. The van der Waals surface area contributed by atoms with Gasteiger partial charge < -0.3 is 10.6 Å². The average Bonchev–Trinajstić information content (AvgIpc) is 3.30. The average molecular weight is 450 g/mol. The third-order valence-electron chi connectivity index (χ3n) is 4.57. The van der Waals surface area contributed by atoms with Gasteiger partial charge in [-0.05, 0) is 49.9 Å². The van der Waals surface area contributed by atoms with Crippen molar-refractivity contribution in [2.24, 2.45) is 0 Å². The third-order valence-corrected chi connectivity index (χ3v) is 5.44. The molecule has 2 N–H and O–H groups in total. The molecule has 6 nitrogen and oxygen atoms in total. The van der Waals surface area contributed by atoms with Gasteiger partial charge in [0.15, 0.2) is 0 Å². The van der Waals surface area contributed by atoms with E-state index in [0.29, 0.717) is 16.1 Å². The lowest BCUT2D eigenvalue weighted by Crippen LogP contribution is -2.51.